The first-order valence-electron chi connectivity index (χ1n) is 15.1. The van der Waals surface area contributed by atoms with Gasteiger partial charge >= 0.3 is 6.18 Å². The molecule has 1 saturated heterocycles. The van der Waals surface area contributed by atoms with Gasteiger partial charge in [0.25, 0.3) is 0 Å². The summed E-state index contributed by atoms with van der Waals surface area (Å²) in [4.78, 5) is 11.8. The van der Waals surface area contributed by atoms with E-state index in [1.807, 2.05) is 0 Å². The predicted molar refractivity (Wildman–Crippen MR) is 165 cm³/mol. The van der Waals surface area contributed by atoms with E-state index < -0.39 is 12.6 Å². The van der Waals surface area contributed by atoms with Crippen LogP contribution in [0, 0.1) is 29.6 Å². The van der Waals surface area contributed by atoms with Crippen LogP contribution in [0.1, 0.15) is 60.7 Å². The van der Waals surface area contributed by atoms with Crippen molar-refractivity contribution in [2.45, 2.75) is 77.7 Å². The van der Waals surface area contributed by atoms with Gasteiger partial charge in [-0.05, 0) is 86.2 Å². The minimum absolute atomic E-state index is 0.170. The molecule has 228 valence electrons. The normalized spacial score (nSPS) is 21.7. The second-order valence-electron chi connectivity index (χ2n) is 12.5. The molecule has 0 spiro atoms. The van der Waals surface area contributed by atoms with E-state index in [2.05, 4.69) is 62.9 Å². The first-order chi connectivity index (χ1) is 20.6. The van der Waals surface area contributed by atoms with Gasteiger partial charge in [-0.1, -0.05) is 13.0 Å². The van der Waals surface area contributed by atoms with Crippen LogP contribution in [0.15, 0.2) is 30.6 Å². The van der Waals surface area contributed by atoms with E-state index in [-0.39, 0.29) is 16.3 Å². The Labute approximate surface area is 253 Å². The number of hydrogen-bond acceptors (Lipinski definition) is 7. The number of halogens is 3. The highest BCUT2D eigenvalue weighted by molar-refractivity contribution is 7.18. The van der Waals surface area contributed by atoms with Gasteiger partial charge in [0.15, 0.2) is 0 Å². The number of nitriles is 1. The average Bonchev–Trinajstić information content (AvgIpc) is 3.54. The molecule has 1 saturated carbocycles. The van der Waals surface area contributed by atoms with E-state index >= 15 is 0 Å². The first kappa shape index (κ1) is 29.9. The van der Waals surface area contributed by atoms with Gasteiger partial charge in [-0.3, -0.25) is 4.90 Å². The smallest absolute Gasteiger partial charge is 0.367 e. The third kappa shape index (κ3) is 5.97. The Kier molecular flexibility index (Phi) is 8.13. The van der Waals surface area contributed by atoms with E-state index in [1.165, 1.54) is 23.9 Å². The molecule has 6 rings (SSSR count). The fourth-order valence-corrected chi connectivity index (χ4v) is 8.09. The topological polar surface area (TPSA) is 95.8 Å². The minimum atomic E-state index is -4.25. The van der Waals surface area contributed by atoms with Gasteiger partial charge < -0.3 is 15.6 Å². The van der Waals surface area contributed by atoms with E-state index in [1.54, 1.807) is 6.07 Å². The number of aromatic nitrogens is 3. The summed E-state index contributed by atoms with van der Waals surface area (Å²) >= 11 is 1.07. The Balaban J connectivity index is 1.12. The number of aryl methyl sites for hydroxylation is 1. The lowest BCUT2D eigenvalue weighted by atomic mass is 9.59. The zero-order valence-electron chi connectivity index (χ0n) is 24.7. The number of benzene rings is 1. The molecule has 1 aliphatic heterocycles. The SMILES string of the molecule is Cc1c(CN2CCC(Nc3ncnc4sc(CC(F)(F)F)cc34)CC2)ccc2c1cc(C#N)n2CC1(CCN)CC[C@H]1C. The van der Waals surface area contributed by atoms with Crippen LogP contribution in [0.25, 0.3) is 21.1 Å². The summed E-state index contributed by atoms with van der Waals surface area (Å²) in [6, 6.07) is 10.6. The van der Waals surface area contributed by atoms with Gasteiger partial charge in [-0.2, -0.15) is 18.4 Å². The summed E-state index contributed by atoms with van der Waals surface area (Å²) in [7, 11) is 0. The fraction of sp³-hybridized carbons (Fsp3) is 0.531. The number of nitrogens with zero attached hydrogens (tertiary/aromatic N) is 5. The van der Waals surface area contributed by atoms with Gasteiger partial charge in [0.05, 0.1) is 11.8 Å². The van der Waals surface area contributed by atoms with Gasteiger partial charge in [0.1, 0.15) is 28.7 Å². The second kappa shape index (κ2) is 11.7. The second-order valence-corrected chi connectivity index (χ2v) is 13.6. The maximum atomic E-state index is 12.9. The number of rotatable bonds is 9. The molecule has 3 aromatic heterocycles. The number of anilines is 1. The van der Waals surface area contributed by atoms with Gasteiger partial charge in [0, 0.05) is 48.0 Å². The van der Waals surface area contributed by atoms with Crippen molar-refractivity contribution in [3.63, 3.8) is 0 Å². The lowest BCUT2D eigenvalue weighted by Gasteiger charge is -2.49. The molecule has 2 aliphatic rings. The van der Waals surface area contributed by atoms with Crippen LogP contribution in [0.5, 0.6) is 0 Å². The highest BCUT2D eigenvalue weighted by Crippen LogP contribution is 2.51. The van der Waals surface area contributed by atoms with E-state index in [9.17, 15) is 18.4 Å². The lowest BCUT2D eigenvalue weighted by Crippen LogP contribution is -2.43. The van der Waals surface area contributed by atoms with Crippen LogP contribution in [0.2, 0.25) is 0 Å². The third-order valence-corrected chi connectivity index (χ3v) is 10.9. The van der Waals surface area contributed by atoms with Crippen molar-refractivity contribution in [3.8, 4) is 6.07 Å². The number of hydrogen-bond donors (Lipinski definition) is 2. The molecule has 4 aromatic rings. The molecular weight excluding hydrogens is 571 g/mol. The standard InChI is InChI=1S/C32H38F3N7S/c1-20-5-8-31(20,9-10-36)18-42-24(16-37)13-26-21(2)22(3-4-28(26)42)17-41-11-6-23(7-12-41)40-29-27-14-25(15-32(33,34)35)43-30(27)39-19-38-29/h3-4,13-14,19-20,23H,5-12,15,17-18,36H2,1-2H3,(H,38,39,40)/t20-,31?/m1/s1. The number of nitrogens with one attached hydrogen (secondary N) is 1. The number of likely N-dealkylation sites (tertiary alicyclic amines) is 1. The molecular formula is C32H38F3N7S. The van der Waals surface area contributed by atoms with Gasteiger partial charge in [-0.25, -0.2) is 9.97 Å². The van der Waals surface area contributed by atoms with Crippen LogP contribution in [0.3, 0.4) is 0 Å². The largest absolute Gasteiger partial charge is 0.393 e. The van der Waals surface area contributed by atoms with Crippen LogP contribution in [-0.4, -0.2) is 51.3 Å². The van der Waals surface area contributed by atoms with Crippen molar-refractivity contribution in [1.29, 1.82) is 5.26 Å². The molecule has 0 amide bonds. The fourth-order valence-electron chi connectivity index (χ4n) is 7.06. The van der Waals surface area contributed by atoms with E-state index in [0.717, 1.165) is 74.1 Å². The summed E-state index contributed by atoms with van der Waals surface area (Å²) in [5.41, 5.74) is 10.5. The van der Waals surface area contributed by atoms with Crippen molar-refractivity contribution >= 4 is 38.3 Å². The van der Waals surface area contributed by atoms with E-state index in [0.29, 0.717) is 34.2 Å². The Morgan fingerprint density at radius 1 is 1.16 bits per heavy atom. The Hall–Kier alpha value is -3.20. The Bertz CT molecular complexity index is 1660. The molecule has 3 N–H and O–H groups in total. The highest BCUT2D eigenvalue weighted by atomic mass is 32.1. The minimum Gasteiger partial charge on any atom is -0.367 e. The summed E-state index contributed by atoms with van der Waals surface area (Å²) < 4.78 is 41.0. The lowest BCUT2D eigenvalue weighted by molar-refractivity contribution is -0.126. The Morgan fingerprint density at radius 3 is 2.60 bits per heavy atom. The van der Waals surface area contributed by atoms with Gasteiger partial charge in [-0.15, -0.1) is 11.3 Å². The molecule has 0 bridgehead atoms. The van der Waals surface area contributed by atoms with Crippen LogP contribution in [-0.2, 0) is 19.5 Å². The van der Waals surface area contributed by atoms with Crippen LogP contribution < -0.4 is 11.1 Å². The van der Waals surface area contributed by atoms with Crippen molar-refractivity contribution in [2.24, 2.45) is 17.1 Å². The molecule has 0 radical (unpaired) electrons. The molecule has 2 fully saturated rings. The number of nitrogens with two attached hydrogens (primary N) is 1. The average molecular weight is 610 g/mol. The maximum absolute atomic E-state index is 12.9. The number of thiophene rings is 1. The molecule has 1 aromatic carbocycles. The number of piperidine rings is 1. The monoisotopic (exact) mass is 609 g/mol. The summed E-state index contributed by atoms with van der Waals surface area (Å²) in [6.45, 7) is 8.61. The highest BCUT2D eigenvalue weighted by Gasteiger charge is 2.44. The number of alkyl halides is 3. The first-order valence-corrected chi connectivity index (χ1v) is 15.9. The zero-order chi connectivity index (χ0) is 30.4. The van der Waals surface area contributed by atoms with Gasteiger partial charge in [0.2, 0.25) is 0 Å². The summed E-state index contributed by atoms with van der Waals surface area (Å²) in [5.74, 6) is 1.21. The van der Waals surface area contributed by atoms with Crippen molar-refractivity contribution in [1.82, 2.24) is 19.4 Å². The molecule has 7 nitrogen and oxygen atoms in total. The van der Waals surface area contributed by atoms with Crippen molar-refractivity contribution < 1.29 is 13.2 Å². The molecule has 43 heavy (non-hydrogen) atoms. The van der Waals surface area contributed by atoms with Crippen LogP contribution >= 0.6 is 11.3 Å². The summed E-state index contributed by atoms with van der Waals surface area (Å²) in [6.07, 6.45) is 1.39. The predicted octanol–water partition coefficient (Wildman–Crippen LogP) is 6.77. The molecule has 4 heterocycles. The maximum Gasteiger partial charge on any atom is 0.393 e. The Morgan fingerprint density at radius 2 is 1.95 bits per heavy atom. The zero-order valence-corrected chi connectivity index (χ0v) is 25.5. The van der Waals surface area contributed by atoms with E-state index in [4.69, 9.17) is 5.73 Å². The van der Waals surface area contributed by atoms with Crippen molar-refractivity contribution in [3.05, 3.63) is 52.3 Å². The van der Waals surface area contributed by atoms with Crippen LogP contribution in [0.4, 0.5) is 19.0 Å². The third-order valence-electron chi connectivity index (χ3n) is 9.89. The van der Waals surface area contributed by atoms with Crippen molar-refractivity contribution in [2.75, 3.05) is 25.0 Å². The molecule has 11 heteroatoms. The quantitative estimate of drug-likeness (QED) is 0.217. The summed E-state index contributed by atoms with van der Waals surface area (Å²) in [5, 5.41) is 15.3. The molecule has 1 unspecified atom stereocenters. The molecule has 2 atom stereocenters. The molecule has 1 aliphatic carbocycles. The number of fused-ring (bicyclic) bond motifs is 2.